The highest BCUT2D eigenvalue weighted by atomic mass is 15.0. The Labute approximate surface area is 200 Å². The first-order valence-electron chi connectivity index (χ1n) is 12.1. The Bertz CT molecular complexity index is 1840. The maximum absolute atomic E-state index is 7.84. The summed E-state index contributed by atoms with van der Waals surface area (Å²) in [4.78, 5) is 3.97. The molecule has 3 aromatic carbocycles. The first kappa shape index (κ1) is 20.9. The van der Waals surface area contributed by atoms with Crippen LogP contribution in [0.1, 0.15) is 55.9 Å². The summed E-state index contributed by atoms with van der Waals surface area (Å²) in [5.74, 6) is 0.458. The van der Waals surface area contributed by atoms with E-state index in [1.54, 1.807) is 0 Å². The third-order valence-electron chi connectivity index (χ3n) is 7.94. The summed E-state index contributed by atoms with van der Waals surface area (Å²) < 4.78 is 4.75. The molecule has 0 aliphatic rings. The minimum absolute atomic E-state index is 0.458. The molecule has 0 unspecified atom stereocenters. The van der Waals surface area contributed by atoms with Crippen LogP contribution in [0.25, 0.3) is 53.8 Å². The summed E-state index contributed by atoms with van der Waals surface area (Å²) in [6.45, 7) is 20.9. The van der Waals surface area contributed by atoms with Crippen LogP contribution in [0.3, 0.4) is 0 Å². The lowest BCUT2D eigenvalue weighted by Crippen LogP contribution is -2.29. The van der Waals surface area contributed by atoms with E-state index < -0.39 is 5.54 Å². The average Bonchev–Trinajstić information content (AvgIpc) is 3.13. The molecule has 0 spiro atoms. The number of rotatable bonds is 2. The third-order valence-corrected chi connectivity index (χ3v) is 7.94. The highest BCUT2D eigenvalue weighted by molar-refractivity contribution is 6.26. The van der Waals surface area contributed by atoms with Crippen LogP contribution >= 0.6 is 0 Å². The molecule has 0 amide bonds. The topological polar surface area (TPSA) is 12.7 Å². The third kappa shape index (κ3) is 2.54. The van der Waals surface area contributed by atoms with Crippen molar-refractivity contribution in [3.8, 4) is 0 Å². The minimum atomic E-state index is -0.586. The summed E-state index contributed by atoms with van der Waals surface area (Å²) >= 11 is 0. The lowest BCUT2D eigenvalue weighted by Gasteiger charge is -2.17. The first-order valence-corrected chi connectivity index (χ1v) is 12.1. The molecule has 6 aromatic rings. The van der Waals surface area contributed by atoms with Crippen molar-refractivity contribution in [2.75, 3.05) is 0 Å². The van der Waals surface area contributed by atoms with Gasteiger partial charge in [0, 0.05) is 36.2 Å². The molecule has 0 aliphatic carbocycles. The smallest absolute Gasteiger partial charge is 0.252 e. The van der Waals surface area contributed by atoms with E-state index >= 15 is 0 Å². The number of nitrogens with zero attached hydrogens (tertiary/aromatic N) is 3. The van der Waals surface area contributed by atoms with E-state index in [1.165, 1.54) is 65.7 Å². The quantitative estimate of drug-likeness (QED) is 0.112. The van der Waals surface area contributed by atoms with E-state index in [0.29, 0.717) is 5.92 Å². The second-order valence-electron chi connectivity index (χ2n) is 10.8. The fourth-order valence-corrected chi connectivity index (χ4v) is 5.70. The Morgan fingerprint density at radius 2 is 1.71 bits per heavy atom. The van der Waals surface area contributed by atoms with Crippen molar-refractivity contribution in [3.05, 3.63) is 82.3 Å². The molecule has 0 saturated heterocycles. The summed E-state index contributed by atoms with van der Waals surface area (Å²) in [6.07, 6.45) is 2.17. The number of hydrogen-bond donors (Lipinski definition) is 0. The van der Waals surface area contributed by atoms with Gasteiger partial charge in [0.05, 0.1) is 27.3 Å². The van der Waals surface area contributed by atoms with Crippen molar-refractivity contribution in [2.45, 2.75) is 53.0 Å². The van der Waals surface area contributed by atoms with E-state index in [9.17, 15) is 0 Å². The Kier molecular flexibility index (Phi) is 4.13. The van der Waals surface area contributed by atoms with Crippen molar-refractivity contribution in [1.29, 1.82) is 0 Å². The normalized spacial score (nSPS) is 12.8. The number of pyridine rings is 2. The predicted octanol–water partition coefficient (Wildman–Crippen LogP) is 7.71. The Hall–Kier alpha value is -3.64. The maximum atomic E-state index is 7.84. The van der Waals surface area contributed by atoms with Crippen LogP contribution in [0.4, 0.5) is 0 Å². The maximum Gasteiger partial charge on any atom is 0.252 e. The molecule has 0 atom stereocenters. The fourth-order valence-electron chi connectivity index (χ4n) is 5.70. The van der Waals surface area contributed by atoms with Crippen molar-refractivity contribution in [2.24, 2.45) is 7.05 Å². The van der Waals surface area contributed by atoms with Gasteiger partial charge in [-0.05, 0) is 66.1 Å². The molecule has 0 aliphatic heterocycles. The van der Waals surface area contributed by atoms with Crippen LogP contribution < -0.4 is 4.57 Å². The number of aryl methyl sites for hydroxylation is 3. The summed E-state index contributed by atoms with van der Waals surface area (Å²) in [6, 6.07) is 16.0. The van der Waals surface area contributed by atoms with Gasteiger partial charge in [-0.25, -0.2) is 11.1 Å². The fraction of sp³-hybridized carbons (Fsp3) is 0.290. The lowest BCUT2D eigenvalue weighted by molar-refractivity contribution is -0.643. The summed E-state index contributed by atoms with van der Waals surface area (Å²) in [5.41, 5.74) is 9.47. The van der Waals surface area contributed by atoms with Gasteiger partial charge in [-0.3, -0.25) is 0 Å². The largest absolute Gasteiger partial charge is 0.307 e. The van der Waals surface area contributed by atoms with Gasteiger partial charge in [-0.2, -0.15) is 0 Å². The molecule has 34 heavy (non-hydrogen) atoms. The summed E-state index contributed by atoms with van der Waals surface area (Å²) in [7, 11) is 2.15. The number of aromatic nitrogens is 2. The van der Waals surface area contributed by atoms with Gasteiger partial charge in [0.25, 0.3) is 5.54 Å². The molecule has 0 fully saturated rings. The van der Waals surface area contributed by atoms with Gasteiger partial charge in [0.15, 0.2) is 6.20 Å². The summed E-state index contributed by atoms with van der Waals surface area (Å²) in [5, 5.41) is 6.39. The zero-order valence-corrected chi connectivity index (χ0v) is 21.0. The molecule has 168 valence electrons. The van der Waals surface area contributed by atoms with Crippen molar-refractivity contribution in [3.63, 3.8) is 0 Å². The van der Waals surface area contributed by atoms with E-state index in [2.05, 4.69) is 97.2 Å². The second-order valence-corrected chi connectivity index (χ2v) is 10.8. The standard InChI is InChI=1S/C31H30N3/c1-17(2)20-9-10-23-24-13-18(3)19(4)27-29(24)34(25(23)15-20)26-16-22(31(5,6)32-7)14-21-11-12-33(8)30(27)28(21)26/h9-17H,1-6,8H3/q+1. The van der Waals surface area contributed by atoms with Gasteiger partial charge in [-0.15, -0.1) is 0 Å². The first-order chi connectivity index (χ1) is 16.1. The van der Waals surface area contributed by atoms with E-state index in [-0.39, 0.29) is 0 Å². The molecule has 0 radical (unpaired) electrons. The number of hydrogen-bond acceptors (Lipinski definition) is 0. The highest BCUT2D eigenvalue weighted by Gasteiger charge is 2.30. The predicted molar refractivity (Wildman–Crippen MR) is 143 cm³/mol. The molecule has 6 rings (SSSR count). The Morgan fingerprint density at radius 1 is 0.941 bits per heavy atom. The van der Waals surface area contributed by atoms with E-state index in [1.807, 2.05) is 13.8 Å². The Balaban J connectivity index is 2.02. The van der Waals surface area contributed by atoms with Gasteiger partial charge in [-0.1, -0.05) is 26.0 Å². The zero-order chi connectivity index (χ0) is 24.1. The monoisotopic (exact) mass is 444 g/mol. The lowest BCUT2D eigenvalue weighted by atomic mass is 9.90. The highest BCUT2D eigenvalue weighted by Crippen LogP contribution is 2.43. The van der Waals surface area contributed by atoms with Crippen LogP contribution in [0.5, 0.6) is 0 Å². The molecule has 0 saturated carbocycles. The van der Waals surface area contributed by atoms with Crippen molar-refractivity contribution in [1.82, 2.24) is 4.40 Å². The van der Waals surface area contributed by atoms with Crippen LogP contribution in [0.2, 0.25) is 0 Å². The van der Waals surface area contributed by atoms with Crippen LogP contribution in [-0.2, 0) is 12.6 Å². The average molecular weight is 445 g/mol. The SMILES string of the molecule is [C-]#[N+]C(C)(C)c1cc2cc[n+](C)c3c4c(C)c(C)cc5c6ccc(C(C)C)cc6n(c(c1)c23)c54. The van der Waals surface area contributed by atoms with Crippen LogP contribution in [0, 0.1) is 20.4 Å². The molecule has 3 heterocycles. The zero-order valence-electron chi connectivity index (χ0n) is 21.0. The van der Waals surface area contributed by atoms with Gasteiger partial charge < -0.3 is 9.25 Å². The molecule has 3 heteroatoms. The van der Waals surface area contributed by atoms with E-state index in [4.69, 9.17) is 6.57 Å². The second kappa shape index (κ2) is 6.70. The van der Waals surface area contributed by atoms with E-state index in [0.717, 1.165) is 5.56 Å². The molecular weight excluding hydrogens is 414 g/mol. The number of benzene rings is 3. The van der Waals surface area contributed by atoms with Crippen LogP contribution in [0.15, 0.2) is 48.7 Å². The van der Waals surface area contributed by atoms with Gasteiger partial charge in [0.1, 0.15) is 7.05 Å². The van der Waals surface area contributed by atoms with Gasteiger partial charge in [0.2, 0.25) is 5.52 Å². The van der Waals surface area contributed by atoms with Crippen molar-refractivity contribution < 1.29 is 4.57 Å². The molecule has 3 nitrogen and oxygen atoms in total. The van der Waals surface area contributed by atoms with Crippen LogP contribution in [-0.4, -0.2) is 4.40 Å². The van der Waals surface area contributed by atoms with Gasteiger partial charge >= 0.3 is 0 Å². The Morgan fingerprint density at radius 3 is 2.41 bits per heavy atom. The molecule has 0 bridgehead atoms. The van der Waals surface area contributed by atoms with Crippen molar-refractivity contribution >= 4 is 49.0 Å². The molecular formula is C31H30N3+. The number of fused-ring (bicyclic) bond motifs is 5. The molecule has 0 N–H and O–H groups in total. The minimum Gasteiger partial charge on any atom is -0.307 e. The molecule has 3 aromatic heterocycles.